The van der Waals surface area contributed by atoms with E-state index in [0.717, 1.165) is 24.4 Å². The molecular formula is C18H27N. The average molecular weight is 257 g/mol. The van der Waals surface area contributed by atoms with Crippen molar-refractivity contribution in [3.63, 3.8) is 0 Å². The van der Waals surface area contributed by atoms with Gasteiger partial charge in [0, 0.05) is 24.2 Å². The van der Waals surface area contributed by atoms with Gasteiger partial charge in [0.05, 0.1) is 0 Å². The highest BCUT2D eigenvalue weighted by Gasteiger charge is 2.39. The van der Waals surface area contributed by atoms with Gasteiger partial charge in [0.1, 0.15) is 0 Å². The van der Waals surface area contributed by atoms with Crippen molar-refractivity contribution in [1.29, 1.82) is 0 Å². The second-order valence-electron chi connectivity index (χ2n) is 6.62. The van der Waals surface area contributed by atoms with Gasteiger partial charge in [-0.3, -0.25) is 0 Å². The van der Waals surface area contributed by atoms with Gasteiger partial charge in [0.2, 0.25) is 0 Å². The molecule has 0 spiro atoms. The van der Waals surface area contributed by atoms with Crippen molar-refractivity contribution in [3.8, 4) is 0 Å². The zero-order valence-corrected chi connectivity index (χ0v) is 12.7. The van der Waals surface area contributed by atoms with Crippen molar-refractivity contribution < 1.29 is 0 Å². The normalized spacial score (nSPS) is 34.6. The molecule has 0 radical (unpaired) electrons. The van der Waals surface area contributed by atoms with Crippen LogP contribution in [0.3, 0.4) is 0 Å². The van der Waals surface area contributed by atoms with E-state index in [9.17, 15) is 0 Å². The molecule has 0 aromatic heterocycles. The van der Waals surface area contributed by atoms with E-state index in [-0.39, 0.29) is 0 Å². The Hall–Kier alpha value is -0.980. The van der Waals surface area contributed by atoms with Gasteiger partial charge in [-0.2, -0.15) is 0 Å². The summed E-state index contributed by atoms with van der Waals surface area (Å²) in [5.74, 6) is 1.75. The molecule has 0 saturated heterocycles. The quantitative estimate of drug-likeness (QED) is 0.659. The van der Waals surface area contributed by atoms with E-state index in [4.69, 9.17) is 0 Å². The minimum Gasteiger partial charge on any atom is -0.368 e. The highest BCUT2D eigenvalue weighted by atomic mass is 15.2. The molecular weight excluding hydrogens is 230 g/mol. The molecule has 1 saturated carbocycles. The van der Waals surface area contributed by atoms with Crippen LogP contribution in [0.15, 0.2) is 35.1 Å². The molecule has 0 bridgehead atoms. The van der Waals surface area contributed by atoms with Crippen LogP contribution in [-0.2, 0) is 0 Å². The van der Waals surface area contributed by atoms with Gasteiger partial charge in [-0.25, -0.2) is 0 Å². The van der Waals surface area contributed by atoms with E-state index in [1.165, 1.54) is 37.7 Å². The molecule has 3 aliphatic rings. The fraction of sp³-hybridized carbons (Fsp3) is 0.667. The molecule has 19 heavy (non-hydrogen) atoms. The second kappa shape index (κ2) is 5.19. The number of likely N-dealkylation sites (N-methyl/N-ethyl adjacent to an activating group) is 1. The van der Waals surface area contributed by atoms with E-state index in [1.54, 1.807) is 11.3 Å². The number of rotatable bonds is 1. The Balaban J connectivity index is 1.94. The van der Waals surface area contributed by atoms with Crippen LogP contribution >= 0.6 is 0 Å². The smallest absolute Gasteiger partial charge is 0.0367 e. The molecule has 0 amide bonds. The summed E-state index contributed by atoms with van der Waals surface area (Å²) in [7, 11) is 0. The molecule has 3 unspecified atom stereocenters. The molecule has 1 fully saturated rings. The summed E-state index contributed by atoms with van der Waals surface area (Å²) >= 11 is 0. The lowest BCUT2D eigenvalue weighted by Crippen LogP contribution is -2.33. The highest BCUT2D eigenvalue weighted by Crippen LogP contribution is 2.45. The Morgan fingerprint density at radius 3 is 2.74 bits per heavy atom. The monoisotopic (exact) mass is 257 g/mol. The van der Waals surface area contributed by atoms with Crippen LogP contribution in [0.4, 0.5) is 0 Å². The lowest BCUT2D eigenvalue weighted by atomic mass is 9.88. The molecule has 1 aliphatic heterocycles. The van der Waals surface area contributed by atoms with Crippen molar-refractivity contribution in [2.24, 2.45) is 11.8 Å². The van der Waals surface area contributed by atoms with Crippen LogP contribution in [0, 0.1) is 11.8 Å². The molecule has 1 heterocycles. The third-order valence-electron chi connectivity index (χ3n) is 5.37. The van der Waals surface area contributed by atoms with Gasteiger partial charge >= 0.3 is 0 Å². The second-order valence-corrected chi connectivity index (χ2v) is 6.62. The van der Waals surface area contributed by atoms with Crippen LogP contribution < -0.4 is 0 Å². The zero-order valence-electron chi connectivity index (χ0n) is 12.7. The number of allylic oxidation sites excluding steroid dienone is 4. The molecule has 3 atom stereocenters. The molecule has 0 aromatic carbocycles. The van der Waals surface area contributed by atoms with Gasteiger partial charge in [-0.05, 0) is 57.1 Å². The average Bonchev–Trinajstić information content (AvgIpc) is 2.54. The van der Waals surface area contributed by atoms with Crippen LogP contribution in [-0.4, -0.2) is 17.5 Å². The van der Waals surface area contributed by atoms with Crippen molar-refractivity contribution in [2.45, 2.75) is 58.9 Å². The minimum absolute atomic E-state index is 0.788. The Morgan fingerprint density at radius 2 is 1.95 bits per heavy atom. The van der Waals surface area contributed by atoms with Crippen LogP contribution in [0.2, 0.25) is 0 Å². The summed E-state index contributed by atoms with van der Waals surface area (Å²) in [6, 6.07) is 0.788. The van der Waals surface area contributed by atoms with Gasteiger partial charge < -0.3 is 4.90 Å². The van der Waals surface area contributed by atoms with Crippen LogP contribution in [0.1, 0.15) is 52.9 Å². The summed E-state index contributed by atoms with van der Waals surface area (Å²) in [6.45, 7) is 8.14. The first-order chi connectivity index (χ1) is 9.20. The Bertz CT molecular complexity index is 441. The molecule has 0 aromatic rings. The highest BCUT2D eigenvalue weighted by molar-refractivity contribution is 5.40. The van der Waals surface area contributed by atoms with E-state index in [1.807, 2.05) is 0 Å². The fourth-order valence-electron chi connectivity index (χ4n) is 4.20. The molecule has 3 rings (SSSR count). The zero-order chi connectivity index (χ0) is 13.4. The molecule has 104 valence electrons. The number of nitrogens with zero attached hydrogens (tertiary/aromatic N) is 1. The van der Waals surface area contributed by atoms with Gasteiger partial charge in [-0.15, -0.1) is 0 Å². The Morgan fingerprint density at radius 1 is 1.16 bits per heavy atom. The van der Waals surface area contributed by atoms with Crippen LogP contribution in [0.5, 0.6) is 0 Å². The summed E-state index contributed by atoms with van der Waals surface area (Å²) in [5, 5.41) is 0. The summed E-state index contributed by atoms with van der Waals surface area (Å²) < 4.78 is 0. The first-order valence-corrected chi connectivity index (χ1v) is 8.05. The topological polar surface area (TPSA) is 3.24 Å². The molecule has 1 heteroatoms. The maximum atomic E-state index is 2.70. The lowest BCUT2D eigenvalue weighted by Gasteiger charge is -2.30. The van der Waals surface area contributed by atoms with Crippen LogP contribution in [0.25, 0.3) is 0 Å². The number of hydrogen-bond donors (Lipinski definition) is 0. The fourth-order valence-corrected chi connectivity index (χ4v) is 4.20. The maximum Gasteiger partial charge on any atom is 0.0367 e. The SMILES string of the molecule is CCN1C2=C(CC=C(C)C=C2)C2CCC(C)CCC21. The van der Waals surface area contributed by atoms with Crippen molar-refractivity contribution in [2.75, 3.05) is 6.54 Å². The Labute approximate surface area is 118 Å². The number of hydrogen-bond acceptors (Lipinski definition) is 1. The van der Waals surface area contributed by atoms with Gasteiger partial charge in [0.25, 0.3) is 0 Å². The first-order valence-electron chi connectivity index (χ1n) is 8.05. The van der Waals surface area contributed by atoms with E-state index < -0.39 is 0 Å². The van der Waals surface area contributed by atoms with E-state index >= 15 is 0 Å². The van der Waals surface area contributed by atoms with Gasteiger partial charge in [-0.1, -0.05) is 31.1 Å². The minimum atomic E-state index is 0.788. The van der Waals surface area contributed by atoms with Gasteiger partial charge in [0.15, 0.2) is 0 Å². The standard InChI is InChI=1S/C18H27N/c1-4-19-17-11-7-13(2)5-9-15(17)16-10-6-14(3)8-12-18(16)19/h5,7,11,14,16,18H,4,6,8-10,12H2,1-3H3. The molecule has 1 nitrogen and oxygen atoms in total. The largest absolute Gasteiger partial charge is 0.368 e. The molecule has 0 N–H and O–H groups in total. The molecule has 2 aliphatic carbocycles. The third-order valence-corrected chi connectivity index (χ3v) is 5.37. The third kappa shape index (κ3) is 2.28. The summed E-state index contributed by atoms with van der Waals surface area (Å²) in [5.41, 5.74) is 4.71. The van der Waals surface area contributed by atoms with Crippen molar-refractivity contribution in [1.82, 2.24) is 4.90 Å². The Kier molecular flexibility index (Phi) is 3.56. The predicted octanol–water partition coefficient (Wildman–Crippen LogP) is 4.68. The lowest BCUT2D eigenvalue weighted by molar-refractivity contribution is 0.239. The van der Waals surface area contributed by atoms with Crippen molar-refractivity contribution >= 4 is 0 Å². The summed E-state index contributed by atoms with van der Waals surface area (Å²) in [6.07, 6.45) is 13.9. The van der Waals surface area contributed by atoms with E-state index in [0.29, 0.717) is 0 Å². The van der Waals surface area contributed by atoms with E-state index in [2.05, 4.69) is 43.9 Å². The van der Waals surface area contributed by atoms with Crippen molar-refractivity contribution in [3.05, 3.63) is 35.1 Å². The first kappa shape index (κ1) is 13.0. The summed E-state index contributed by atoms with van der Waals surface area (Å²) in [4.78, 5) is 2.70. The predicted molar refractivity (Wildman–Crippen MR) is 81.8 cm³/mol. The number of fused-ring (bicyclic) bond motifs is 2. The maximum absolute atomic E-state index is 2.70.